The van der Waals surface area contributed by atoms with Gasteiger partial charge in [0.2, 0.25) is 0 Å². The highest BCUT2D eigenvalue weighted by Gasteiger charge is 2.42. The van der Waals surface area contributed by atoms with Crippen molar-refractivity contribution < 1.29 is 9.47 Å². The van der Waals surface area contributed by atoms with Crippen LogP contribution in [0.2, 0.25) is 0 Å². The fourth-order valence-corrected chi connectivity index (χ4v) is 3.03. The third kappa shape index (κ3) is 3.44. The van der Waals surface area contributed by atoms with Crippen LogP contribution in [0.15, 0.2) is 0 Å². The predicted molar refractivity (Wildman–Crippen MR) is 72.9 cm³/mol. The Morgan fingerprint density at radius 3 is 3.00 bits per heavy atom. The zero-order valence-corrected chi connectivity index (χ0v) is 12.1. The van der Waals surface area contributed by atoms with Crippen LogP contribution in [0.4, 0.5) is 0 Å². The first-order chi connectivity index (χ1) is 8.62. The molecule has 2 fully saturated rings. The molecular formula is C14H28N2O2. The second-order valence-corrected chi connectivity index (χ2v) is 5.96. The number of rotatable bonds is 3. The van der Waals surface area contributed by atoms with Crippen LogP contribution in [0.1, 0.15) is 33.1 Å². The van der Waals surface area contributed by atoms with E-state index in [1.165, 1.54) is 13.0 Å². The summed E-state index contributed by atoms with van der Waals surface area (Å²) in [5.41, 5.74) is -0.00208. The largest absolute Gasteiger partial charge is 0.377 e. The van der Waals surface area contributed by atoms with Gasteiger partial charge in [0.15, 0.2) is 0 Å². The Morgan fingerprint density at radius 1 is 1.39 bits per heavy atom. The molecule has 2 heterocycles. The van der Waals surface area contributed by atoms with Crippen molar-refractivity contribution in [3.63, 3.8) is 0 Å². The normalized spacial score (nSPS) is 35.0. The number of nitrogens with zero attached hydrogens (tertiary/aromatic N) is 1. The van der Waals surface area contributed by atoms with E-state index in [1.807, 2.05) is 0 Å². The zero-order chi connectivity index (χ0) is 13.0. The van der Waals surface area contributed by atoms with Crippen LogP contribution in [0.25, 0.3) is 0 Å². The monoisotopic (exact) mass is 256 g/mol. The Labute approximate surface area is 111 Å². The van der Waals surface area contributed by atoms with Crippen molar-refractivity contribution in [3.05, 3.63) is 0 Å². The van der Waals surface area contributed by atoms with Crippen LogP contribution >= 0.6 is 0 Å². The zero-order valence-electron chi connectivity index (χ0n) is 12.1. The summed E-state index contributed by atoms with van der Waals surface area (Å²) in [5.74, 6) is 0. The van der Waals surface area contributed by atoms with Crippen molar-refractivity contribution in [2.75, 3.05) is 39.9 Å². The molecule has 0 amide bonds. The van der Waals surface area contributed by atoms with E-state index < -0.39 is 0 Å². The van der Waals surface area contributed by atoms with Crippen molar-refractivity contribution in [1.82, 2.24) is 10.2 Å². The van der Waals surface area contributed by atoms with E-state index in [1.54, 1.807) is 0 Å². The van der Waals surface area contributed by atoms with E-state index in [0.29, 0.717) is 12.1 Å². The summed E-state index contributed by atoms with van der Waals surface area (Å²) in [5, 5.41) is 3.61. The topological polar surface area (TPSA) is 33.7 Å². The molecule has 1 spiro atoms. The maximum absolute atomic E-state index is 6.21. The molecule has 2 atom stereocenters. The number of morpholine rings is 1. The van der Waals surface area contributed by atoms with Gasteiger partial charge in [0, 0.05) is 13.1 Å². The second kappa shape index (κ2) is 6.33. The number of hydrogen-bond donors (Lipinski definition) is 1. The molecular weight excluding hydrogens is 228 g/mol. The van der Waals surface area contributed by atoms with Gasteiger partial charge in [-0.15, -0.1) is 0 Å². The van der Waals surface area contributed by atoms with Gasteiger partial charge in [0.05, 0.1) is 31.0 Å². The van der Waals surface area contributed by atoms with Gasteiger partial charge >= 0.3 is 0 Å². The Kier molecular flexibility index (Phi) is 5.01. The van der Waals surface area contributed by atoms with Gasteiger partial charge in [-0.05, 0) is 46.7 Å². The van der Waals surface area contributed by atoms with Crippen molar-refractivity contribution >= 4 is 0 Å². The molecule has 0 radical (unpaired) electrons. The van der Waals surface area contributed by atoms with Gasteiger partial charge in [-0.3, -0.25) is 0 Å². The van der Waals surface area contributed by atoms with Gasteiger partial charge in [-0.25, -0.2) is 0 Å². The number of ether oxygens (including phenoxy) is 2. The summed E-state index contributed by atoms with van der Waals surface area (Å²) in [6.45, 7) is 9.05. The summed E-state index contributed by atoms with van der Waals surface area (Å²) in [4.78, 5) is 2.41. The summed E-state index contributed by atoms with van der Waals surface area (Å²) >= 11 is 0. The molecule has 0 bridgehead atoms. The standard InChI is InChI=1S/C14H28N2O2/c1-12(2)17-11-13-14(18-10-7-15-13)5-4-8-16(3)9-6-14/h12-13,15H,4-11H2,1-3H3. The van der Waals surface area contributed by atoms with E-state index >= 15 is 0 Å². The molecule has 4 nitrogen and oxygen atoms in total. The lowest BCUT2D eigenvalue weighted by molar-refractivity contribution is -0.124. The molecule has 18 heavy (non-hydrogen) atoms. The quantitative estimate of drug-likeness (QED) is 0.824. The molecule has 0 saturated carbocycles. The molecule has 0 aromatic rings. The molecule has 0 aromatic carbocycles. The first-order valence-electron chi connectivity index (χ1n) is 7.30. The van der Waals surface area contributed by atoms with Gasteiger partial charge in [0.25, 0.3) is 0 Å². The smallest absolute Gasteiger partial charge is 0.0870 e. The van der Waals surface area contributed by atoms with Crippen LogP contribution in [-0.4, -0.2) is 62.5 Å². The Hall–Kier alpha value is -0.160. The van der Waals surface area contributed by atoms with Crippen molar-refractivity contribution in [2.45, 2.75) is 50.9 Å². The summed E-state index contributed by atoms with van der Waals surface area (Å²) in [6, 6.07) is 0.347. The van der Waals surface area contributed by atoms with E-state index in [0.717, 1.165) is 39.1 Å². The van der Waals surface area contributed by atoms with Gasteiger partial charge in [0.1, 0.15) is 0 Å². The maximum atomic E-state index is 6.21. The van der Waals surface area contributed by atoms with Crippen LogP contribution in [-0.2, 0) is 9.47 Å². The molecule has 0 aromatic heterocycles. The molecule has 2 aliphatic rings. The lowest BCUT2D eigenvalue weighted by Gasteiger charge is -2.44. The van der Waals surface area contributed by atoms with Gasteiger partial charge < -0.3 is 19.7 Å². The molecule has 2 saturated heterocycles. The first-order valence-corrected chi connectivity index (χ1v) is 7.30. The summed E-state index contributed by atoms with van der Waals surface area (Å²) < 4.78 is 12.0. The fourth-order valence-electron chi connectivity index (χ4n) is 3.03. The molecule has 2 aliphatic heterocycles. The molecule has 0 aliphatic carbocycles. The Balaban J connectivity index is 2.00. The first kappa shape index (κ1) is 14.3. The third-order valence-electron chi connectivity index (χ3n) is 4.17. The highest BCUT2D eigenvalue weighted by molar-refractivity contribution is 4.98. The Bertz CT molecular complexity index is 260. The summed E-state index contributed by atoms with van der Waals surface area (Å²) in [6.07, 6.45) is 3.77. The third-order valence-corrected chi connectivity index (χ3v) is 4.17. The fraction of sp³-hybridized carbons (Fsp3) is 1.00. The van der Waals surface area contributed by atoms with Crippen molar-refractivity contribution in [1.29, 1.82) is 0 Å². The van der Waals surface area contributed by atoms with E-state index in [4.69, 9.17) is 9.47 Å². The molecule has 1 N–H and O–H groups in total. The SMILES string of the molecule is CC(C)OCC1NCCOC12CCCN(C)CC2. The highest BCUT2D eigenvalue weighted by Crippen LogP contribution is 2.32. The molecule has 4 heteroatoms. The van der Waals surface area contributed by atoms with Crippen LogP contribution in [0.5, 0.6) is 0 Å². The van der Waals surface area contributed by atoms with Gasteiger partial charge in [-0.2, -0.15) is 0 Å². The molecule has 2 rings (SSSR count). The van der Waals surface area contributed by atoms with Gasteiger partial charge in [-0.1, -0.05) is 0 Å². The maximum Gasteiger partial charge on any atom is 0.0870 e. The minimum absolute atomic E-state index is 0.00208. The van der Waals surface area contributed by atoms with E-state index in [9.17, 15) is 0 Å². The average molecular weight is 256 g/mol. The van der Waals surface area contributed by atoms with Crippen LogP contribution in [0, 0.1) is 0 Å². The van der Waals surface area contributed by atoms with Crippen LogP contribution < -0.4 is 5.32 Å². The second-order valence-electron chi connectivity index (χ2n) is 5.96. The van der Waals surface area contributed by atoms with E-state index in [-0.39, 0.29) is 5.60 Å². The molecule has 106 valence electrons. The minimum atomic E-state index is -0.00208. The van der Waals surface area contributed by atoms with E-state index in [2.05, 4.69) is 31.1 Å². The minimum Gasteiger partial charge on any atom is -0.377 e. The summed E-state index contributed by atoms with van der Waals surface area (Å²) in [7, 11) is 2.20. The predicted octanol–water partition coefficient (Wildman–Crippen LogP) is 1.25. The average Bonchev–Trinajstić information content (AvgIpc) is 2.52. The van der Waals surface area contributed by atoms with Crippen molar-refractivity contribution in [2.24, 2.45) is 0 Å². The number of hydrogen-bond acceptors (Lipinski definition) is 4. The van der Waals surface area contributed by atoms with Crippen molar-refractivity contribution in [3.8, 4) is 0 Å². The highest BCUT2D eigenvalue weighted by atomic mass is 16.5. The Morgan fingerprint density at radius 2 is 2.22 bits per heavy atom. The van der Waals surface area contributed by atoms with Crippen LogP contribution in [0.3, 0.4) is 0 Å². The number of nitrogens with one attached hydrogen (secondary N) is 1. The lowest BCUT2D eigenvalue weighted by Crippen LogP contribution is -2.60. The lowest BCUT2D eigenvalue weighted by atomic mass is 9.85. The number of likely N-dealkylation sites (tertiary alicyclic amines) is 1. The molecule has 2 unspecified atom stereocenters.